The Bertz CT molecular complexity index is 974. The second kappa shape index (κ2) is 8.02. The molecule has 144 valence electrons. The van der Waals surface area contributed by atoms with E-state index < -0.39 is 0 Å². The van der Waals surface area contributed by atoms with Gasteiger partial charge in [-0.1, -0.05) is 36.5 Å². The molecule has 1 N–H and O–H groups in total. The van der Waals surface area contributed by atoms with Gasteiger partial charge in [-0.25, -0.2) is 9.97 Å². The molecule has 28 heavy (non-hydrogen) atoms. The van der Waals surface area contributed by atoms with Gasteiger partial charge in [0, 0.05) is 36.3 Å². The summed E-state index contributed by atoms with van der Waals surface area (Å²) in [5, 5.41) is 13.2. The number of carbonyl (C=O) groups is 1. The Morgan fingerprint density at radius 1 is 1.25 bits per heavy atom. The third kappa shape index (κ3) is 4.01. The fraction of sp³-hybridized carbons (Fsp3) is 0.350. The van der Waals surface area contributed by atoms with Crippen molar-refractivity contribution in [1.29, 1.82) is 0 Å². The summed E-state index contributed by atoms with van der Waals surface area (Å²) in [6.07, 6.45) is 1.72. The number of hydrogen-bond donors (Lipinski definition) is 1. The maximum absolute atomic E-state index is 12.7. The number of aryl methyl sites for hydroxylation is 2. The van der Waals surface area contributed by atoms with Crippen molar-refractivity contribution in [3.8, 4) is 0 Å². The minimum absolute atomic E-state index is 0.0649. The molecule has 0 bridgehead atoms. The van der Waals surface area contributed by atoms with Crippen LogP contribution in [-0.2, 0) is 6.42 Å². The lowest BCUT2D eigenvalue weighted by atomic mass is 10.1. The number of carbonyl (C=O) groups excluding carboxylic acids is 1. The summed E-state index contributed by atoms with van der Waals surface area (Å²) in [6, 6.07) is 11.3. The topological polar surface area (TPSA) is 83.9 Å². The molecule has 2 aromatic heterocycles. The summed E-state index contributed by atoms with van der Waals surface area (Å²) in [7, 11) is 0. The van der Waals surface area contributed by atoms with E-state index in [9.17, 15) is 4.79 Å². The van der Waals surface area contributed by atoms with Gasteiger partial charge in [0.15, 0.2) is 0 Å². The fourth-order valence-corrected chi connectivity index (χ4v) is 4.00. The summed E-state index contributed by atoms with van der Waals surface area (Å²) in [4.78, 5) is 23.9. The van der Waals surface area contributed by atoms with Gasteiger partial charge in [-0.05, 0) is 31.9 Å². The Morgan fingerprint density at radius 2 is 2.07 bits per heavy atom. The second-order valence-electron chi connectivity index (χ2n) is 6.84. The number of hydrogen-bond acceptors (Lipinski definition) is 7. The molecule has 1 amide bonds. The van der Waals surface area contributed by atoms with Crippen molar-refractivity contribution < 1.29 is 4.79 Å². The first-order chi connectivity index (χ1) is 13.6. The van der Waals surface area contributed by atoms with Crippen LogP contribution in [0.3, 0.4) is 0 Å². The number of amides is 1. The average molecular weight is 395 g/mol. The maximum Gasteiger partial charge on any atom is 0.253 e. The normalized spacial score (nSPS) is 16.4. The van der Waals surface area contributed by atoms with Crippen LogP contribution in [0.25, 0.3) is 0 Å². The highest BCUT2D eigenvalue weighted by atomic mass is 32.1. The molecule has 1 fully saturated rings. The van der Waals surface area contributed by atoms with Crippen LogP contribution in [0.15, 0.2) is 36.4 Å². The van der Waals surface area contributed by atoms with Gasteiger partial charge in [0.25, 0.3) is 5.91 Å². The van der Waals surface area contributed by atoms with Crippen LogP contribution < -0.4 is 5.32 Å². The Balaban J connectivity index is 1.48. The minimum Gasteiger partial charge on any atom is -0.338 e. The number of nitrogens with one attached hydrogen (secondary N) is 1. The van der Waals surface area contributed by atoms with Crippen LogP contribution in [0.4, 0.5) is 10.9 Å². The third-order valence-corrected chi connectivity index (χ3v) is 5.72. The zero-order valence-electron chi connectivity index (χ0n) is 15.9. The van der Waals surface area contributed by atoms with Crippen LogP contribution in [0, 0.1) is 6.92 Å². The quantitative estimate of drug-likeness (QED) is 0.712. The Hall–Kier alpha value is -2.87. The average Bonchev–Trinajstić information content (AvgIpc) is 3.37. The van der Waals surface area contributed by atoms with E-state index >= 15 is 0 Å². The second-order valence-corrected chi connectivity index (χ2v) is 7.90. The highest BCUT2D eigenvalue weighted by Gasteiger charge is 2.30. The molecule has 1 aliphatic heterocycles. The Labute approximate surface area is 167 Å². The predicted molar refractivity (Wildman–Crippen MR) is 109 cm³/mol. The van der Waals surface area contributed by atoms with E-state index in [2.05, 4.69) is 27.4 Å². The van der Waals surface area contributed by atoms with Crippen molar-refractivity contribution in [1.82, 2.24) is 25.1 Å². The molecule has 3 heterocycles. The van der Waals surface area contributed by atoms with Gasteiger partial charge in [0.1, 0.15) is 16.6 Å². The molecule has 0 saturated carbocycles. The number of benzene rings is 1. The molecule has 3 aromatic rings. The van der Waals surface area contributed by atoms with Crippen LogP contribution in [-0.4, -0.2) is 44.1 Å². The van der Waals surface area contributed by atoms with E-state index in [1.54, 1.807) is 0 Å². The largest absolute Gasteiger partial charge is 0.338 e. The number of aromatic nitrogens is 4. The summed E-state index contributed by atoms with van der Waals surface area (Å²) < 4.78 is 0. The van der Waals surface area contributed by atoms with Crippen molar-refractivity contribution in [2.75, 3.05) is 18.4 Å². The van der Waals surface area contributed by atoms with Crippen molar-refractivity contribution in [3.63, 3.8) is 0 Å². The van der Waals surface area contributed by atoms with Gasteiger partial charge in [-0.2, -0.15) is 0 Å². The molecular formula is C20H22N6OS. The highest BCUT2D eigenvalue weighted by molar-refractivity contribution is 7.15. The van der Waals surface area contributed by atoms with Crippen molar-refractivity contribution >= 4 is 28.2 Å². The third-order valence-electron chi connectivity index (χ3n) is 4.74. The first-order valence-corrected chi connectivity index (χ1v) is 10.2. The first-order valence-electron chi connectivity index (χ1n) is 9.41. The number of anilines is 2. The summed E-state index contributed by atoms with van der Waals surface area (Å²) >= 11 is 1.53. The minimum atomic E-state index is 0.0649. The van der Waals surface area contributed by atoms with E-state index in [0.717, 1.165) is 40.1 Å². The fourth-order valence-electron chi connectivity index (χ4n) is 3.31. The van der Waals surface area contributed by atoms with Crippen molar-refractivity contribution in [2.45, 2.75) is 32.6 Å². The summed E-state index contributed by atoms with van der Waals surface area (Å²) in [5.41, 5.74) is 1.61. The lowest BCUT2D eigenvalue weighted by molar-refractivity contribution is 0.0790. The van der Waals surface area contributed by atoms with E-state index in [-0.39, 0.29) is 11.8 Å². The van der Waals surface area contributed by atoms with Crippen molar-refractivity contribution in [3.05, 3.63) is 58.5 Å². The molecule has 7 nitrogen and oxygen atoms in total. The molecule has 4 rings (SSSR count). The number of nitrogens with zero attached hydrogens (tertiary/aromatic N) is 5. The Kier molecular flexibility index (Phi) is 5.29. The molecule has 1 atom stereocenters. The van der Waals surface area contributed by atoms with E-state index in [4.69, 9.17) is 4.98 Å². The zero-order valence-corrected chi connectivity index (χ0v) is 16.7. The molecule has 0 aliphatic carbocycles. The number of likely N-dealkylation sites (tertiary alicyclic amines) is 1. The molecule has 1 aromatic carbocycles. The maximum atomic E-state index is 12.7. The van der Waals surface area contributed by atoms with E-state index in [1.807, 2.05) is 48.2 Å². The lowest BCUT2D eigenvalue weighted by Crippen LogP contribution is -2.28. The van der Waals surface area contributed by atoms with Gasteiger partial charge in [-0.15, -0.1) is 10.2 Å². The molecule has 0 unspecified atom stereocenters. The highest BCUT2D eigenvalue weighted by Crippen LogP contribution is 2.28. The Morgan fingerprint density at radius 3 is 2.82 bits per heavy atom. The van der Waals surface area contributed by atoms with Crippen molar-refractivity contribution in [2.24, 2.45) is 0 Å². The summed E-state index contributed by atoms with van der Waals surface area (Å²) in [5.74, 6) is 1.68. The first kappa shape index (κ1) is 18.5. The molecule has 1 saturated heterocycles. The van der Waals surface area contributed by atoms with Gasteiger partial charge in [0.05, 0.1) is 0 Å². The van der Waals surface area contributed by atoms with Gasteiger partial charge in [-0.3, -0.25) is 4.79 Å². The SMILES string of the molecule is CCc1nnc(Nc2cc(C)nc([C@H]3CCN(C(=O)c4ccccc4)C3)n2)s1. The molecular weight excluding hydrogens is 372 g/mol. The van der Waals surface area contributed by atoms with Gasteiger partial charge in [0.2, 0.25) is 5.13 Å². The smallest absolute Gasteiger partial charge is 0.253 e. The zero-order chi connectivity index (χ0) is 19.5. The molecule has 1 aliphatic rings. The van der Waals surface area contributed by atoms with Crippen LogP contribution in [0.2, 0.25) is 0 Å². The number of rotatable bonds is 5. The van der Waals surface area contributed by atoms with E-state index in [1.165, 1.54) is 11.3 Å². The molecule has 8 heteroatoms. The molecule has 0 radical (unpaired) electrons. The van der Waals surface area contributed by atoms with Crippen LogP contribution in [0.5, 0.6) is 0 Å². The standard InChI is InChI=1S/C20H22N6OS/c1-3-17-24-25-20(28-17)23-16-11-13(2)21-18(22-16)15-9-10-26(12-15)19(27)14-7-5-4-6-8-14/h4-8,11,15H,3,9-10,12H2,1-2H3,(H,21,22,23,25)/t15-/m0/s1. The summed E-state index contributed by atoms with van der Waals surface area (Å²) in [6.45, 7) is 5.36. The van der Waals surface area contributed by atoms with Gasteiger partial charge >= 0.3 is 0 Å². The monoisotopic (exact) mass is 394 g/mol. The van der Waals surface area contributed by atoms with Gasteiger partial charge < -0.3 is 10.2 Å². The lowest BCUT2D eigenvalue weighted by Gasteiger charge is -2.16. The predicted octanol–water partition coefficient (Wildman–Crippen LogP) is 3.57. The van der Waals surface area contributed by atoms with E-state index in [0.29, 0.717) is 18.9 Å². The molecule has 0 spiro atoms. The van der Waals surface area contributed by atoms with Crippen LogP contribution in [0.1, 0.15) is 46.1 Å². The van der Waals surface area contributed by atoms with Crippen LogP contribution >= 0.6 is 11.3 Å².